The molecule has 1 heterocycles. The number of aromatic amines is 1. The molecule has 0 radical (unpaired) electrons. The number of aromatic nitrogens is 2. The molecule has 3 rings (SSSR count). The van der Waals surface area contributed by atoms with Gasteiger partial charge in [0.05, 0.1) is 30.8 Å². The Morgan fingerprint density at radius 2 is 2.08 bits per heavy atom. The zero-order chi connectivity index (χ0) is 16.9. The topological polar surface area (TPSA) is 70.2 Å². The maximum Gasteiger partial charge on any atom is 0.125 e. The Balaban J connectivity index is 1.62. The van der Waals surface area contributed by atoms with Crippen molar-refractivity contribution in [1.29, 1.82) is 0 Å². The lowest BCUT2D eigenvalue weighted by molar-refractivity contribution is 0.267. The van der Waals surface area contributed by atoms with Crippen molar-refractivity contribution in [3.63, 3.8) is 0 Å². The predicted octanol–water partition coefficient (Wildman–Crippen LogP) is 2.88. The Kier molecular flexibility index (Phi) is 5.08. The molecule has 0 saturated heterocycles. The van der Waals surface area contributed by atoms with Crippen LogP contribution >= 0.6 is 0 Å². The summed E-state index contributed by atoms with van der Waals surface area (Å²) in [4.78, 5) is 7.51. The average Bonchev–Trinajstić information content (AvgIpc) is 2.98. The number of imidazole rings is 1. The molecular formula is C18H20FN3O2. The standard InChI is InChI=1S/C18H20FN3O2/c1-2-24-17-6-3-12(7-13(17)11-23)9-20-10-18-21-15-5-4-14(19)8-16(15)22-18/h3-8,20,23H,2,9-11H2,1H3,(H,21,22). The highest BCUT2D eigenvalue weighted by Crippen LogP contribution is 2.20. The molecule has 0 aliphatic carbocycles. The maximum atomic E-state index is 13.2. The van der Waals surface area contributed by atoms with Gasteiger partial charge < -0.3 is 20.1 Å². The van der Waals surface area contributed by atoms with Crippen LogP contribution in [0, 0.1) is 5.82 Å². The van der Waals surface area contributed by atoms with Crippen molar-refractivity contribution in [3.8, 4) is 5.75 Å². The Hall–Kier alpha value is -2.44. The van der Waals surface area contributed by atoms with Crippen molar-refractivity contribution in [2.24, 2.45) is 0 Å². The van der Waals surface area contributed by atoms with Crippen LogP contribution in [0.15, 0.2) is 36.4 Å². The van der Waals surface area contributed by atoms with Gasteiger partial charge in [0.1, 0.15) is 17.4 Å². The van der Waals surface area contributed by atoms with E-state index in [1.165, 1.54) is 12.1 Å². The summed E-state index contributed by atoms with van der Waals surface area (Å²) in [5.74, 6) is 1.18. The molecule has 0 fully saturated rings. The minimum Gasteiger partial charge on any atom is -0.494 e. The third-order valence-electron chi connectivity index (χ3n) is 3.71. The van der Waals surface area contributed by atoms with E-state index in [1.54, 1.807) is 6.07 Å². The number of H-pyrrole nitrogens is 1. The molecule has 0 aliphatic heterocycles. The van der Waals surface area contributed by atoms with Crippen LogP contribution in [-0.4, -0.2) is 21.7 Å². The zero-order valence-electron chi connectivity index (χ0n) is 13.5. The molecule has 0 amide bonds. The number of benzene rings is 2. The van der Waals surface area contributed by atoms with E-state index in [4.69, 9.17) is 4.74 Å². The highest BCUT2D eigenvalue weighted by molar-refractivity contribution is 5.74. The van der Waals surface area contributed by atoms with Gasteiger partial charge in [-0.3, -0.25) is 0 Å². The number of rotatable bonds is 7. The van der Waals surface area contributed by atoms with Crippen molar-refractivity contribution in [2.45, 2.75) is 26.6 Å². The number of aliphatic hydroxyl groups excluding tert-OH is 1. The number of hydrogen-bond donors (Lipinski definition) is 3. The molecule has 2 aromatic carbocycles. The van der Waals surface area contributed by atoms with Gasteiger partial charge >= 0.3 is 0 Å². The van der Waals surface area contributed by atoms with Gasteiger partial charge in [-0.2, -0.15) is 0 Å². The quantitative estimate of drug-likeness (QED) is 0.623. The second-order valence-electron chi connectivity index (χ2n) is 5.48. The van der Waals surface area contributed by atoms with Crippen LogP contribution in [0.2, 0.25) is 0 Å². The largest absolute Gasteiger partial charge is 0.494 e. The van der Waals surface area contributed by atoms with Crippen molar-refractivity contribution >= 4 is 11.0 Å². The minimum atomic E-state index is -0.281. The number of aliphatic hydroxyl groups is 1. The molecule has 0 bridgehead atoms. The SMILES string of the molecule is CCOc1ccc(CNCc2nc3ccc(F)cc3[nH]2)cc1CO. The third-order valence-corrected chi connectivity index (χ3v) is 3.71. The fourth-order valence-electron chi connectivity index (χ4n) is 2.61. The van der Waals surface area contributed by atoms with E-state index in [-0.39, 0.29) is 12.4 Å². The van der Waals surface area contributed by atoms with E-state index < -0.39 is 0 Å². The normalized spacial score (nSPS) is 11.1. The molecule has 0 atom stereocenters. The number of ether oxygens (including phenoxy) is 1. The number of fused-ring (bicyclic) bond motifs is 1. The highest BCUT2D eigenvalue weighted by atomic mass is 19.1. The van der Waals surface area contributed by atoms with Gasteiger partial charge in [0.2, 0.25) is 0 Å². The molecule has 3 N–H and O–H groups in total. The maximum absolute atomic E-state index is 13.2. The van der Waals surface area contributed by atoms with Gasteiger partial charge in [0.25, 0.3) is 0 Å². The van der Waals surface area contributed by atoms with E-state index in [9.17, 15) is 9.50 Å². The highest BCUT2D eigenvalue weighted by Gasteiger charge is 2.06. The van der Waals surface area contributed by atoms with Crippen molar-refractivity contribution in [1.82, 2.24) is 15.3 Å². The fraction of sp³-hybridized carbons (Fsp3) is 0.278. The molecule has 1 aromatic heterocycles. The van der Waals surface area contributed by atoms with Crippen LogP contribution in [0.3, 0.4) is 0 Å². The van der Waals surface area contributed by atoms with E-state index in [1.807, 2.05) is 25.1 Å². The Bertz CT molecular complexity index is 832. The molecule has 5 nitrogen and oxygen atoms in total. The first kappa shape index (κ1) is 16.4. The summed E-state index contributed by atoms with van der Waals surface area (Å²) in [6.45, 7) is 3.59. The first-order valence-electron chi connectivity index (χ1n) is 7.90. The minimum absolute atomic E-state index is 0.0572. The molecule has 0 aliphatic rings. The lowest BCUT2D eigenvalue weighted by Crippen LogP contribution is -2.14. The molecule has 0 saturated carbocycles. The van der Waals surface area contributed by atoms with Crippen LogP contribution in [0.1, 0.15) is 23.9 Å². The van der Waals surface area contributed by atoms with Crippen molar-refractivity contribution < 1.29 is 14.2 Å². The van der Waals surface area contributed by atoms with E-state index in [0.717, 1.165) is 22.5 Å². The second-order valence-corrected chi connectivity index (χ2v) is 5.48. The summed E-state index contributed by atoms with van der Waals surface area (Å²) in [5.41, 5.74) is 3.26. The second kappa shape index (κ2) is 7.42. The molecule has 3 aromatic rings. The van der Waals surface area contributed by atoms with E-state index in [0.29, 0.717) is 31.0 Å². The number of halogens is 1. The van der Waals surface area contributed by atoms with Crippen LogP contribution < -0.4 is 10.1 Å². The van der Waals surface area contributed by atoms with Gasteiger partial charge in [-0.05, 0) is 42.8 Å². The van der Waals surface area contributed by atoms with Gasteiger partial charge in [-0.15, -0.1) is 0 Å². The smallest absolute Gasteiger partial charge is 0.125 e. The van der Waals surface area contributed by atoms with Crippen LogP contribution in [0.4, 0.5) is 4.39 Å². The summed E-state index contributed by atoms with van der Waals surface area (Å²) >= 11 is 0. The molecule has 0 unspecified atom stereocenters. The zero-order valence-corrected chi connectivity index (χ0v) is 13.5. The first-order chi connectivity index (χ1) is 11.7. The van der Waals surface area contributed by atoms with E-state index in [2.05, 4.69) is 15.3 Å². The van der Waals surface area contributed by atoms with Gasteiger partial charge in [0.15, 0.2) is 0 Å². The van der Waals surface area contributed by atoms with Gasteiger partial charge in [-0.1, -0.05) is 6.07 Å². The molecular weight excluding hydrogens is 309 g/mol. The summed E-state index contributed by atoms with van der Waals surface area (Å²) in [7, 11) is 0. The summed E-state index contributed by atoms with van der Waals surface area (Å²) in [5, 5.41) is 12.7. The molecule has 24 heavy (non-hydrogen) atoms. The summed E-state index contributed by atoms with van der Waals surface area (Å²) < 4.78 is 18.7. The summed E-state index contributed by atoms with van der Waals surface area (Å²) in [6, 6.07) is 10.3. The Morgan fingerprint density at radius 1 is 1.21 bits per heavy atom. The number of hydrogen-bond acceptors (Lipinski definition) is 4. The van der Waals surface area contributed by atoms with Crippen LogP contribution in [0.5, 0.6) is 5.75 Å². The molecule has 6 heteroatoms. The first-order valence-corrected chi connectivity index (χ1v) is 7.90. The predicted molar refractivity (Wildman–Crippen MR) is 90.1 cm³/mol. The number of nitrogens with one attached hydrogen (secondary N) is 2. The fourth-order valence-corrected chi connectivity index (χ4v) is 2.61. The van der Waals surface area contributed by atoms with Gasteiger partial charge in [-0.25, -0.2) is 9.37 Å². The average molecular weight is 329 g/mol. The Morgan fingerprint density at radius 3 is 2.88 bits per heavy atom. The van der Waals surface area contributed by atoms with Crippen LogP contribution in [0.25, 0.3) is 11.0 Å². The lowest BCUT2D eigenvalue weighted by Gasteiger charge is -2.10. The number of nitrogens with zero attached hydrogens (tertiary/aromatic N) is 1. The van der Waals surface area contributed by atoms with E-state index >= 15 is 0 Å². The molecule has 0 spiro atoms. The lowest BCUT2D eigenvalue weighted by atomic mass is 10.1. The van der Waals surface area contributed by atoms with Crippen LogP contribution in [-0.2, 0) is 19.7 Å². The summed E-state index contributed by atoms with van der Waals surface area (Å²) in [6.07, 6.45) is 0. The Labute approximate surface area is 139 Å². The van der Waals surface area contributed by atoms with Crippen molar-refractivity contribution in [3.05, 3.63) is 59.2 Å². The third kappa shape index (κ3) is 3.72. The molecule has 126 valence electrons. The monoisotopic (exact) mass is 329 g/mol. The van der Waals surface area contributed by atoms with Gasteiger partial charge in [0, 0.05) is 12.1 Å². The van der Waals surface area contributed by atoms with Crippen molar-refractivity contribution in [2.75, 3.05) is 6.61 Å².